The molecule has 1 saturated heterocycles. The van der Waals surface area contributed by atoms with E-state index in [1.165, 1.54) is 37.7 Å². The first-order valence-corrected chi connectivity index (χ1v) is 17.9. The van der Waals surface area contributed by atoms with E-state index in [0.29, 0.717) is 34.8 Å². The molecule has 1 fully saturated rings. The van der Waals surface area contributed by atoms with Crippen LogP contribution in [-0.4, -0.2) is 64.6 Å². The molecule has 0 spiro atoms. The van der Waals surface area contributed by atoms with Crippen LogP contribution in [0.15, 0.2) is 116 Å². The Hall–Kier alpha value is -5.70. The summed E-state index contributed by atoms with van der Waals surface area (Å²) in [6, 6.07) is 31.1. The van der Waals surface area contributed by atoms with Gasteiger partial charge in [0.05, 0.1) is 32.1 Å². The molecule has 3 heterocycles. The second-order valence-electron chi connectivity index (χ2n) is 12.2. The number of imidazole rings is 1. The largest absolute Gasteiger partial charge is 0.497 e. The second kappa shape index (κ2) is 16.1. The lowest BCUT2D eigenvalue weighted by atomic mass is 9.80. The molecular weight excluding hydrogens is 715 g/mol. The lowest BCUT2D eigenvalue weighted by Gasteiger charge is -2.37. The van der Waals surface area contributed by atoms with Crippen LogP contribution >= 0.6 is 8.60 Å². The van der Waals surface area contributed by atoms with Crippen molar-refractivity contribution in [3.8, 4) is 17.2 Å². The Morgan fingerprint density at radius 1 is 0.852 bits per heavy atom. The standard InChI is InChI=1S/C38H37N6O9P/c1-47-29-15-9-26(10-16-29)38(25-7-5-4-6-8-25,27-11-17-30(48-2)18-12-27)50-22-33-32(53-54(49-3)52-31-19-13-28(14-20-31)44(45)46)21-34(51-33)43-24-42-35-36(39)40-23-41-37(35)43/h4-20,23-24,32-34H,21-22H2,1-3H3,(H2,39,40,41). The van der Waals surface area contributed by atoms with Crippen LogP contribution in [0.1, 0.15) is 29.3 Å². The molecule has 0 amide bonds. The number of nitrogen functional groups attached to an aromatic ring is 1. The first-order chi connectivity index (χ1) is 26.3. The lowest BCUT2D eigenvalue weighted by molar-refractivity contribution is -0.384. The molecule has 0 radical (unpaired) electrons. The number of nitro groups is 1. The molecule has 278 valence electrons. The predicted octanol–water partition coefficient (Wildman–Crippen LogP) is 6.97. The zero-order valence-electron chi connectivity index (χ0n) is 29.6. The maximum Gasteiger partial charge on any atom is 0.397 e. The number of fused-ring (bicyclic) bond motifs is 1. The van der Waals surface area contributed by atoms with Crippen molar-refractivity contribution < 1.29 is 37.4 Å². The zero-order valence-corrected chi connectivity index (χ0v) is 30.4. The number of benzene rings is 4. The normalized spacial score (nSPS) is 17.6. The molecule has 16 heteroatoms. The molecule has 7 rings (SSSR count). The van der Waals surface area contributed by atoms with E-state index in [9.17, 15) is 10.1 Å². The Morgan fingerprint density at radius 2 is 1.46 bits per heavy atom. The summed E-state index contributed by atoms with van der Waals surface area (Å²) in [7, 11) is 2.71. The molecule has 1 aliphatic rings. The Labute approximate surface area is 311 Å². The Balaban J connectivity index is 1.26. The third-order valence-electron chi connectivity index (χ3n) is 9.11. The second-order valence-corrected chi connectivity index (χ2v) is 13.4. The molecule has 4 aromatic carbocycles. The van der Waals surface area contributed by atoms with E-state index < -0.39 is 37.6 Å². The Bertz CT molecular complexity index is 2130. The van der Waals surface area contributed by atoms with Crippen LogP contribution in [-0.2, 0) is 24.1 Å². The van der Waals surface area contributed by atoms with Crippen molar-refractivity contribution in [3.63, 3.8) is 0 Å². The summed E-state index contributed by atoms with van der Waals surface area (Å²) >= 11 is 0. The van der Waals surface area contributed by atoms with Crippen LogP contribution in [0.4, 0.5) is 11.5 Å². The number of hydrogen-bond acceptors (Lipinski definition) is 13. The van der Waals surface area contributed by atoms with Gasteiger partial charge < -0.3 is 33.7 Å². The van der Waals surface area contributed by atoms with Gasteiger partial charge in [-0.3, -0.25) is 19.2 Å². The number of methoxy groups -OCH3 is 2. The number of nitro benzene ring substituents is 1. The number of hydrogen-bond donors (Lipinski definition) is 1. The summed E-state index contributed by atoms with van der Waals surface area (Å²) in [5, 5.41) is 11.2. The van der Waals surface area contributed by atoms with Crippen molar-refractivity contribution >= 4 is 31.3 Å². The molecule has 0 aliphatic carbocycles. The van der Waals surface area contributed by atoms with E-state index in [4.69, 9.17) is 38.3 Å². The van der Waals surface area contributed by atoms with Gasteiger partial charge in [0.2, 0.25) is 0 Å². The van der Waals surface area contributed by atoms with E-state index in [0.717, 1.165) is 16.7 Å². The number of nitrogens with two attached hydrogens (primary N) is 1. The molecule has 54 heavy (non-hydrogen) atoms. The molecule has 15 nitrogen and oxygen atoms in total. The van der Waals surface area contributed by atoms with E-state index in [2.05, 4.69) is 15.0 Å². The van der Waals surface area contributed by atoms with Crippen molar-refractivity contribution in [1.82, 2.24) is 19.5 Å². The van der Waals surface area contributed by atoms with Gasteiger partial charge in [-0.05, 0) is 53.1 Å². The average molecular weight is 753 g/mol. The van der Waals surface area contributed by atoms with Crippen LogP contribution < -0.4 is 19.7 Å². The first-order valence-electron chi connectivity index (χ1n) is 16.8. The summed E-state index contributed by atoms with van der Waals surface area (Å²) in [6.45, 7) is 0.0439. The Morgan fingerprint density at radius 3 is 2.06 bits per heavy atom. The van der Waals surface area contributed by atoms with Crippen LogP contribution in [0.3, 0.4) is 0 Å². The first kappa shape index (κ1) is 36.6. The SMILES string of the molecule is COc1ccc(C(OCC2OC(n3cnc4c(N)ncnc43)CC2OP(OC)Oc2ccc([N+](=O)[O-])cc2)(c2ccccc2)c2ccc(OC)cc2)cc1. The number of non-ortho nitro benzene ring substituents is 1. The van der Waals surface area contributed by atoms with E-state index in [1.807, 2.05) is 78.9 Å². The Kier molecular flexibility index (Phi) is 10.9. The maximum atomic E-state index is 11.2. The van der Waals surface area contributed by atoms with E-state index >= 15 is 0 Å². The monoisotopic (exact) mass is 752 g/mol. The fourth-order valence-electron chi connectivity index (χ4n) is 6.42. The highest BCUT2D eigenvalue weighted by Gasteiger charge is 2.44. The number of anilines is 1. The number of ether oxygens (including phenoxy) is 4. The smallest absolute Gasteiger partial charge is 0.397 e. The summed E-state index contributed by atoms with van der Waals surface area (Å²) in [5.74, 6) is 1.98. The van der Waals surface area contributed by atoms with Crippen LogP contribution in [0, 0.1) is 10.1 Å². The fourth-order valence-corrected chi connectivity index (χ4v) is 7.36. The lowest BCUT2D eigenvalue weighted by Crippen LogP contribution is -2.38. The summed E-state index contributed by atoms with van der Waals surface area (Å²) in [5.41, 5.74) is 8.43. The maximum absolute atomic E-state index is 11.2. The van der Waals surface area contributed by atoms with E-state index in [-0.39, 0.29) is 18.1 Å². The highest BCUT2D eigenvalue weighted by molar-refractivity contribution is 7.42. The predicted molar refractivity (Wildman–Crippen MR) is 199 cm³/mol. The van der Waals surface area contributed by atoms with Crippen molar-refractivity contribution in [1.29, 1.82) is 0 Å². The van der Waals surface area contributed by atoms with Gasteiger partial charge in [0.25, 0.3) is 5.69 Å². The molecule has 0 bridgehead atoms. The quantitative estimate of drug-likeness (QED) is 0.0493. The van der Waals surface area contributed by atoms with Gasteiger partial charge in [-0.1, -0.05) is 54.6 Å². The summed E-state index contributed by atoms with van der Waals surface area (Å²) < 4.78 is 44.9. The molecule has 0 saturated carbocycles. The summed E-state index contributed by atoms with van der Waals surface area (Å²) in [4.78, 5) is 23.7. The van der Waals surface area contributed by atoms with Crippen LogP contribution in [0.5, 0.6) is 17.2 Å². The van der Waals surface area contributed by atoms with Crippen molar-refractivity contribution in [2.24, 2.45) is 0 Å². The molecule has 1 aliphatic heterocycles. The minimum Gasteiger partial charge on any atom is -0.497 e. The third-order valence-corrected chi connectivity index (χ3v) is 10.2. The van der Waals surface area contributed by atoms with Crippen LogP contribution in [0.25, 0.3) is 11.2 Å². The van der Waals surface area contributed by atoms with Gasteiger partial charge in [-0.25, -0.2) is 15.0 Å². The molecule has 4 unspecified atom stereocenters. The van der Waals surface area contributed by atoms with Crippen molar-refractivity contribution in [3.05, 3.63) is 143 Å². The molecule has 2 aromatic heterocycles. The van der Waals surface area contributed by atoms with Gasteiger partial charge in [-0.2, -0.15) is 0 Å². The summed E-state index contributed by atoms with van der Waals surface area (Å²) in [6.07, 6.45) is 1.42. The van der Waals surface area contributed by atoms with Gasteiger partial charge in [0.1, 0.15) is 53.1 Å². The number of aromatic nitrogens is 4. The van der Waals surface area contributed by atoms with E-state index in [1.54, 1.807) is 25.1 Å². The topological polar surface area (TPSA) is 177 Å². The van der Waals surface area contributed by atoms with Crippen molar-refractivity contribution in [2.75, 3.05) is 33.7 Å². The number of nitrogens with zero attached hydrogens (tertiary/aromatic N) is 5. The highest BCUT2D eigenvalue weighted by atomic mass is 31.2. The van der Waals surface area contributed by atoms with Gasteiger partial charge >= 0.3 is 8.60 Å². The van der Waals surface area contributed by atoms with Gasteiger partial charge in [0.15, 0.2) is 11.5 Å². The molecular formula is C38H37N6O9P. The molecule has 2 N–H and O–H groups in total. The van der Waals surface area contributed by atoms with Gasteiger partial charge in [0, 0.05) is 25.7 Å². The average Bonchev–Trinajstić information content (AvgIpc) is 3.83. The number of rotatable bonds is 15. The molecule has 4 atom stereocenters. The van der Waals surface area contributed by atoms with Gasteiger partial charge in [-0.15, -0.1) is 0 Å². The molecule has 6 aromatic rings. The minimum absolute atomic E-state index is 0.0439. The van der Waals surface area contributed by atoms with Crippen molar-refractivity contribution in [2.45, 2.75) is 30.5 Å². The minimum atomic E-state index is -2.00. The zero-order chi connectivity index (χ0) is 37.7. The highest BCUT2D eigenvalue weighted by Crippen LogP contribution is 2.47. The third kappa shape index (κ3) is 7.40. The van der Waals surface area contributed by atoms with Crippen LogP contribution in [0.2, 0.25) is 0 Å². The fraction of sp³-hybridized carbons (Fsp3) is 0.237.